The molecule has 0 aromatic rings. The van der Waals surface area contributed by atoms with Gasteiger partial charge in [0.2, 0.25) is 6.41 Å². The number of rotatable bonds is 1. The third-order valence-corrected chi connectivity index (χ3v) is 0.211. The molecular weight excluding hydrogens is 105 g/mol. The van der Waals surface area contributed by atoms with Crippen LogP contribution in [0.1, 0.15) is 0 Å². The average Bonchev–Trinajstić information content (AvgIpc) is 1.38. The van der Waals surface area contributed by atoms with Crippen LogP contribution < -0.4 is 0 Å². The zero-order chi connectivity index (χ0) is 4.28. The van der Waals surface area contributed by atoms with Crippen molar-refractivity contribution in [2.75, 3.05) is 14.1 Å². The summed E-state index contributed by atoms with van der Waals surface area (Å²) in [6.07, 6.45) is 0.750. The summed E-state index contributed by atoms with van der Waals surface area (Å²) in [4.78, 5) is 10.9. The number of hydrogen-bond acceptors (Lipinski definition) is 1. The van der Waals surface area contributed by atoms with Gasteiger partial charge < -0.3 is 4.90 Å². The van der Waals surface area contributed by atoms with Crippen molar-refractivity contribution >= 4 is 57.8 Å². The van der Waals surface area contributed by atoms with Crippen molar-refractivity contribution in [3.8, 4) is 0 Å². The van der Waals surface area contributed by atoms with Crippen molar-refractivity contribution in [1.29, 1.82) is 0 Å². The van der Waals surface area contributed by atoms with Gasteiger partial charge in [0.25, 0.3) is 0 Å². The number of amides is 1. The van der Waals surface area contributed by atoms with Gasteiger partial charge >= 0.3 is 51.4 Å². The van der Waals surface area contributed by atoms with Crippen LogP contribution in [0.4, 0.5) is 0 Å². The first-order chi connectivity index (χ1) is 2.27. The first-order valence-corrected chi connectivity index (χ1v) is 1.39. The van der Waals surface area contributed by atoms with E-state index in [1.807, 2.05) is 0 Å². The van der Waals surface area contributed by atoms with Crippen molar-refractivity contribution in [1.82, 2.24) is 4.90 Å². The van der Waals surface area contributed by atoms with Gasteiger partial charge in [0.05, 0.1) is 0 Å². The molecule has 2 nitrogen and oxygen atoms in total. The van der Waals surface area contributed by atoms with Gasteiger partial charge in [0, 0.05) is 14.1 Å². The van der Waals surface area contributed by atoms with Crippen LogP contribution in [-0.4, -0.2) is 76.8 Å². The third kappa shape index (κ3) is 8.92. The molecule has 3 heteroatoms. The second-order valence-corrected chi connectivity index (χ2v) is 1.07. The summed E-state index contributed by atoms with van der Waals surface area (Å²) in [5.41, 5.74) is 0. The predicted molar refractivity (Wildman–Crippen MR) is 26.9 cm³/mol. The Balaban J connectivity index is 0. The van der Waals surface area contributed by atoms with E-state index in [1.54, 1.807) is 14.1 Å². The Hall–Kier alpha value is 1.11. The normalized spacial score (nSPS) is 5.67. The van der Waals surface area contributed by atoms with E-state index in [-0.39, 0.29) is 51.4 Å². The molecule has 6 heavy (non-hydrogen) atoms. The molecule has 0 radical (unpaired) electrons. The first kappa shape index (κ1) is 10.2. The fourth-order valence-corrected chi connectivity index (χ4v) is 0. The van der Waals surface area contributed by atoms with Crippen LogP contribution >= 0.6 is 0 Å². The summed E-state index contributed by atoms with van der Waals surface area (Å²) in [5, 5.41) is 0. The molecule has 0 saturated carbocycles. The predicted octanol–water partition coefficient (Wildman–Crippen LogP) is -0.944. The van der Waals surface area contributed by atoms with Crippen LogP contribution in [-0.2, 0) is 4.79 Å². The van der Waals surface area contributed by atoms with Gasteiger partial charge in [0.1, 0.15) is 0 Å². The van der Waals surface area contributed by atoms with Gasteiger partial charge in [-0.2, -0.15) is 0 Å². The summed E-state index contributed by atoms with van der Waals surface area (Å²) in [5.74, 6) is 0. The molecule has 0 N–H and O–H groups in total. The Morgan fingerprint density at radius 1 is 1.50 bits per heavy atom. The zero-order valence-electron chi connectivity index (χ0n) is 3.43. The topological polar surface area (TPSA) is 20.3 Å². The molecule has 1 amide bonds. The summed E-state index contributed by atoms with van der Waals surface area (Å²) in [6, 6.07) is 0. The Bertz CT molecular complexity index is 37.8. The molecule has 0 saturated heterocycles. The van der Waals surface area contributed by atoms with E-state index in [9.17, 15) is 4.79 Å². The van der Waals surface area contributed by atoms with E-state index < -0.39 is 0 Å². The van der Waals surface area contributed by atoms with Crippen LogP contribution in [0.5, 0.6) is 0 Å². The molecule has 32 valence electrons. The molecule has 0 aliphatic rings. The van der Waals surface area contributed by atoms with Crippen molar-refractivity contribution in [3.63, 3.8) is 0 Å². The van der Waals surface area contributed by atoms with Crippen molar-refractivity contribution in [2.45, 2.75) is 0 Å². The molecule has 0 unspecified atom stereocenters. The molecule has 0 aromatic carbocycles. The summed E-state index contributed by atoms with van der Waals surface area (Å²) >= 11 is 0. The SMILES string of the molecule is CN(C)C=O.[KH]. The van der Waals surface area contributed by atoms with E-state index in [4.69, 9.17) is 0 Å². The van der Waals surface area contributed by atoms with Crippen LogP contribution in [0.3, 0.4) is 0 Å². The zero-order valence-corrected chi connectivity index (χ0v) is 3.43. The Morgan fingerprint density at radius 2 is 1.67 bits per heavy atom. The van der Waals surface area contributed by atoms with E-state index in [0.717, 1.165) is 6.41 Å². The van der Waals surface area contributed by atoms with Crippen LogP contribution in [0, 0.1) is 0 Å². The van der Waals surface area contributed by atoms with Crippen LogP contribution in [0.15, 0.2) is 0 Å². The molecule has 0 fully saturated rings. The molecule has 0 aromatic heterocycles. The second-order valence-electron chi connectivity index (χ2n) is 1.07. The maximum atomic E-state index is 9.43. The summed E-state index contributed by atoms with van der Waals surface area (Å²) in [6.45, 7) is 0. The summed E-state index contributed by atoms with van der Waals surface area (Å²) in [7, 11) is 3.38. The third-order valence-electron chi connectivity index (χ3n) is 0.211. The Morgan fingerprint density at radius 3 is 1.67 bits per heavy atom. The Kier molecular flexibility index (Phi) is 10.3. The van der Waals surface area contributed by atoms with Crippen molar-refractivity contribution in [2.24, 2.45) is 0 Å². The Labute approximate surface area is 80.3 Å². The van der Waals surface area contributed by atoms with Gasteiger partial charge in [-0.1, -0.05) is 0 Å². The molecule has 0 atom stereocenters. The standard InChI is InChI=1S/C3H7NO.K.H/c1-4(2)3-5;;/h3H,1-2H3;;. The molecular formula is C3H8KNO. The molecule has 0 aliphatic carbocycles. The first-order valence-electron chi connectivity index (χ1n) is 1.39. The van der Waals surface area contributed by atoms with Crippen LogP contribution in [0.2, 0.25) is 0 Å². The molecule has 0 spiro atoms. The molecule has 0 heterocycles. The van der Waals surface area contributed by atoms with Gasteiger partial charge in [-0.05, 0) is 0 Å². The van der Waals surface area contributed by atoms with Gasteiger partial charge in [-0.25, -0.2) is 0 Å². The van der Waals surface area contributed by atoms with E-state index >= 15 is 0 Å². The van der Waals surface area contributed by atoms with Gasteiger partial charge in [-0.3, -0.25) is 4.79 Å². The number of carbonyl (C=O) groups is 1. The van der Waals surface area contributed by atoms with Crippen molar-refractivity contribution in [3.05, 3.63) is 0 Å². The van der Waals surface area contributed by atoms with Gasteiger partial charge in [-0.15, -0.1) is 0 Å². The van der Waals surface area contributed by atoms with Gasteiger partial charge in [0.15, 0.2) is 0 Å². The van der Waals surface area contributed by atoms with Crippen molar-refractivity contribution < 1.29 is 4.79 Å². The number of carbonyl (C=O) groups excluding carboxylic acids is 1. The maximum absolute atomic E-state index is 9.43. The fraction of sp³-hybridized carbons (Fsp3) is 0.667. The number of hydrogen-bond donors (Lipinski definition) is 0. The van der Waals surface area contributed by atoms with E-state index in [1.165, 1.54) is 4.90 Å². The van der Waals surface area contributed by atoms with E-state index in [2.05, 4.69) is 0 Å². The monoisotopic (exact) mass is 113 g/mol. The minimum atomic E-state index is 0. The van der Waals surface area contributed by atoms with Crippen LogP contribution in [0.25, 0.3) is 0 Å². The van der Waals surface area contributed by atoms with E-state index in [0.29, 0.717) is 0 Å². The fourth-order valence-electron chi connectivity index (χ4n) is 0. The molecule has 0 rings (SSSR count). The quantitative estimate of drug-likeness (QED) is 0.317. The molecule has 0 bridgehead atoms. The summed E-state index contributed by atoms with van der Waals surface area (Å²) < 4.78 is 0. The molecule has 0 aliphatic heterocycles. The average molecular weight is 113 g/mol. The second kappa shape index (κ2) is 6.11. The minimum absolute atomic E-state index is 0. The number of nitrogens with zero attached hydrogens (tertiary/aromatic N) is 1.